The van der Waals surface area contributed by atoms with Crippen molar-refractivity contribution in [2.24, 2.45) is 0 Å². The summed E-state index contributed by atoms with van der Waals surface area (Å²) < 4.78 is 22.8. The van der Waals surface area contributed by atoms with E-state index < -0.39 is 0 Å². The third-order valence-corrected chi connectivity index (χ3v) is 6.68. The van der Waals surface area contributed by atoms with Gasteiger partial charge in [0.1, 0.15) is 0 Å². The smallest absolute Gasteiger partial charge is 0.188 e. The normalized spacial score (nSPS) is 22.1. The number of carbonyl (C=O) groups is 1. The molecular weight excluding hydrogens is 454 g/mol. The Balaban J connectivity index is 1.70. The van der Waals surface area contributed by atoms with Crippen molar-refractivity contribution in [2.45, 2.75) is 64.8 Å². The van der Waals surface area contributed by atoms with Crippen molar-refractivity contribution in [1.29, 1.82) is 0 Å². The molecule has 2 atom stereocenters. The fourth-order valence-electron chi connectivity index (χ4n) is 5.09. The van der Waals surface area contributed by atoms with Crippen molar-refractivity contribution in [1.82, 2.24) is 4.90 Å². The third kappa shape index (κ3) is 5.29. The number of piperidine rings is 1. The highest BCUT2D eigenvalue weighted by molar-refractivity contribution is 6.16. The standard InChI is InChI=1S/C30H37NO5/c1-18(2)35-26-12-8-20(16-28(26)33-6)14-22-24-10-11-25(31(24)5)23(30(22)32)15-21-9-13-27(36-19(3)4)29(17-21)34-7/h8-9,12-19,24-25H,10-11H2,1-7H3/b22-14+,23-15+. The van der Waals surface area contributed by atoms with Crippen molar-refractivity contribution < 1.29 is 23.7 Å². The van der Waals surface area contributed by atoms with E-state index in [2.05, 4.69) is 11.9 Å². The topological polar surface area (TPSA) is 57.2 Å². The monoisotopic (exact) mass is 491 g/mol. The molecule has 2 aliphatic heterocycles. The number of benzene rings is 2. The summed E-state index contributed by atoms with van der Waals surface area (Å²) in [7, 11) is 5.37. The van der Waals surface area contributed by atoms with Gasteiger partial charge in [-0.2, -0.15) is 0 Å². The van der Waals surface area contributed by atoms with Crippen LogP contribution in [0.2, 0.25) is 0 Å². The Hall–Kier alpha value is -3.25. The molecule has 0 saturated carbocycles. The maximum Gasteiger partial charge on any atom is 0.188 e. The number of nitrogens with zero attached hydrogens (tertiary/aromatic N) is 1. The third-order valence-electron chi connectivity index (χ3n) is 6.68. The molecule has 0 amide bonds. The number of hydrogen-bond donors (Lipinski definition) is 0. The number of Topliss-reactive ketones (excluding diaryl/α,β-unsaturated/α-hetero) is 1. The van der Waals surface area contributed by atoms with Gasteiger partial charge in [0.2, 0.25) is 0 Å². The van der Waals surface area contributed by atoms with E-state index in [0.717, 1.165) is 35.1 Å². The maximum atomic E-state index is 13.8. The summed E-state index contributed by atoms with van der Waals surface area (Å²) in [5, 5.41) is 0. The summed E-state index contributed by atoms with van der Waals surface area (Å²) in [4.78, 5) is 16.1. The first-order chi connectivity index (χ1) is 17.2. The van der Waals surface area contributed by atoms with Gasteiger partial charge in [0.15, 0.2) is 28.8 Å². The molecule has 0 radical (unpaired) electrons. The zero-order chi connectivity index (χ0) is 26.0. The molecule has 2 aromatic rings. The first kappa shape index (κ1) is 25.8. The fraction of sp³-hybridized carbons (Fsp3) is 0.433. The number of hydrogen-bond acceptors (Lipinski definition) is 6. The van der Waals surface area contributed by atoms with Gasteiger partial charge in [0.05, 0.1) is 26.4 Å². The highest BCUT2D eigenvalue weighted by Gasteiger charge is 2.44. The SMILES string of the molecule is COc1cc(/C=C2/C(=O)/C(=C/c3ccc(OC(C)C)c(OC)c3)C3CCC2N3C)ccc1OC(C)C. The lowest BCUT2D eigenvalue weighted by molar-refractivity contribution is -0.114. The van der Waals surface area contributed by atoms with Crippen LogP contribution in [0.5, 0.6) is 23.0 Å². The molecule has 6 heteroatoms. The summed E-state index contributed by atoms with van der Waals surface area (Å²) in [5.74, 6) is 2.81. The number of ketones is 1. The highest BCUT2D eigenvalue weighted by Crippen LogP contribution is 2.41. The maximum absolute atomic E-state index is 13.8. The molecule has 2 aromatic carbocycles. The van der Waals surface area contributed by atoms with E-state index in [1.807, 2.05) is 76.2 Å². The summed E-state index contributed by atoms with van der Waals surface area (Å²) in [6, 6.07) is 11.8. The quantitative estimate of drug-likeness (QED) is 0.436. The molecular formula is C30H37NO5. The van der Waals surface area contributed by atoms with E-state index in [0.29, 0.717) is 23.0 Å². The molecule has 0 spiro atoms. The zero-order valence-corrected chi connectivity index (χ0v) is 22.3. The van der Waals surface area contributed by atoms with Crippen LogP contribution in [0.1, 0.15) is 51.7 Å². The molecule has 0 aromatic heterocycles. The Morgan fingerprint density at radius 1 is 0.750 bits per heavy atom. The Kier molecular flexibility index (Phi) is 7.74. The van der Waals surface area contributed by atoms with E-state index in [9.17, 15) is 4.79 Å². The highest BCUT2D eigenvalue weighted by atomic mass is 16.5. The van der Waals surface area contributed by atoms with Gasteiger partial charge in [-0.15, -0.1) is 0 Å². The van der Waals surface area contributed by atoms with E-state index in [-0.39, 0.29) is 30.1 Å². The summed E-state index contributed by atoms with van der Waals surface area (Å²) in [6.45, 7) is 7.93. The lowest BCUT2D eigenvalue weighted by Crippen LogP contribution is -2.43. The minimum absolute atomic E-state index is 0.0458. The molecule has 2 unspecified atom stereocenters. The minimum atomic E-state index is 0.0458. The van der Waals surface area contributed by atoms with Gasteiger partial charge in [-0.25, -0.2) is 0 Å². The predicted octanol–water partition coefficient (Wildman–Crippen LogP) is 5.79. The van der Waals surface area contributed by atoms with E-state index in [4.69, 9.17) is 18.9 Å². The van der Waals surface area contributed by atoms with Crippen molar-refractivity contribution in [3.05, 3.63) is 58.7 Å². The van der Waals surface area contributed by atoms with Gasteiger partial charge in [-0.05, 0) is 95.1 Å². The van der Waals surface area contributed by atoms with Crippen LogP contribution in [-0.2, 0) is 4.79 Å². The van der Waals surface area contributed by atoms with Crippen LogP contribution < -0.4 is 18.9 Å². The number of carbonyl (C=O) groups excluding carboxylic acids is 1. The molecule has 36 heavy (non-hydrogen) atoms. The second-order valence-electron chi connectivity index (χ2n) is 9.96. The average molecular weight is 492 g/mol. The Morgan fingerprint density at radius 3 is 1.53 bits per heavy atom. The van der Waals surface area contributed by atoms with Crippen LogP contribution in [0.3, 0.4) is 0 Å². The fourth-order valence-corrected chi connectivity index (χ4v) is 5.09. The largest absolute Gasteiger partial charge is 0.493 e. The number of methoxy groups -OCH3 is 2. The molecule has 192 valence electrons. The van der Waals surface area contributed by atoms with Gasteiger partial charge in [0.25, 0.3) is 0 Å². The molecule has 0 aliphatic carbocycles. The van der Waals surface area contributed by atoms with E-state index in [1.165, 1.54) is 0 Å². The van der Waals surface area contributed by atoms with Gasteiger partial charge in [-0.1, -0.05) is 12.1 Å². The van der Waals surface area contributed by atoms with Crippen molar-refractivity contribution in [3.63, 3.8) is 0 Å². The zero-order valence-electron chi connectivity index (χ0n) is 22.3. The minimum Gasteiger partial charge on any atom is -0.493 e. The van der Waals surface area contributed by atoms with Crippen LogP contribution in [0.4, 0.5) is 0 Å². The molecule has 4 rings (SSSR count). The Morgan fingerprint density at radius 2 is 1.17 bits per heavy atom. The van der Waals surface area contributed by atoms with E-state index in [1.54, 1.807) is 14.2 Å². The van der Waals surface area contributed by atoms with Gasteiger partial charge >= 0.3 is 0 Å². The second-order valence-corrected chi connectivity index (χ2v) is 9.96. The van der Waals surface area contributed by atoms with Crippen LogP contribution >= 0.6 is 0 Å². The average Bonchev–Trinajstić information content (AvgIpc) is 3.15. The summed E-state index contributed by atoms with van der Waals surface area (Å²) >= 11 is 0. The van der Waals surface area contributed by atoms with Gasteiger partial charge in [-0.3, -0.25) is 9.69 Å². The molecule has 0 N–H and O–H groups in total. The molecule has 6 nitrogen and oxygen atoms in total. The predicted molar refractivity (Wildman–Crippen MR) is 143 cm³/mol. The van der Waals surface area contributed by atoms with Crippen molar-refractivity contribution in [3.8, 4) is 23.0 Å². The molecule has 2 saturated heterocycles. The number of likely N-dealkylation sites (N-methyl/N-ethyl adjacent to an activating group) is 1. The first-order valence-electron chi connectivity index (χ1n) is 12.6. The molecule has 2 aliphatic rings. The Bertz CT molecular complexity index is 1090. The second kappa shape index (κ2) is 10.8. The van der Waals surface area contributed by atoms with Gasteiger partial charge < -0.3 is 18.9 Å². The van der Waals surface area contributed by atoms with Crippen LogP contribution in [0, 0.1) is 0 Å². The van der Waals surface area contributed by atoms with Crippen LogP contribution in [0.15, 0.2) is 47.5 Å². The van der Waals surface area contributed by atoms with Crippen LogP contribution in [0.25, 0.3) is 12.2 Å². The first-order valence-corrected chi connectivity index (χ1v) is 12.6. The van der Waals surface area contributed by atoms with Crippen LogP contribution in [-0.4, -0.2) is 56.2 Å². The van der Waals surface area contributed by atoms with Crippen molar-refractivity contribution in [2.75, 3.05) is 21.3 Å². The molecule has 2 heterocycles. The van der Waals surface area contributed by atoms with E-state index >= 15 is 0 Å². The summed E-state index contributed by atoms with van der Waals surface area (Å²) in [6.07, 6.45) is 5.99. The number of fused-ring (bicyclic) bond motifs is 2. The number of rotatable bonds is 8. The van der Waals surface area contributed by atoms with Gasteiger partial charge in [0, 0.05) is 23.2 Å². The molecule has 2 fully saturated rings. The Labute approximate surface area is 214 Å². The summed E-state index contributed by atoms with van der Waals surface area (Å²) in [5.41, 5.74) is 3.45. The lowest BCUT2D eigenvalue weighted by atomic mass is 9.88. The lowest BCUT2D eigenvalue weighted by Gasteiger charge is -2.34. The molecule has 2 bridgehead atoms. The van der Waals surface area contributed by atoms with Crippen molar-refractivity contribution >= 4 is 17.9 Å². The number of ether oxygens (including phenoxy) is 4.